The van der Waals surface area contributed by atoms with Crippen molar-refractivity contribution in [1.82, 2.24) is 10.2 Å². The number of hydrogen-bond acceptors (Lipinski definition) is 6. The maximum absolute atomic E-state index is 13.3. The first-order valence-corrected chi connectivity index (χ1v) is 11.4. The first kappa shape index (κ1) is 25.2. The van der Waals surface area contributed by atoms with Gasteiger partial charge < -0.3 is 34.8 Å². The van der Waals surface area contributed by atoms with Crippen molar-refractivity contribution in [2.24, 2.45) is 0 Å². The number of carbonyl (C=O) groups excluding carboxylic acids is 1. The minimum Gasteiger partial charge on any atom is -0.493 e. The average Bonchev–Trinajstić information content (AvgIpc) is 2.86. The van der Waals surface area contributed by atoms with E-state index in [4.69, 9.17) is 9.47 Å². The predicted molar refractivity (Wildman–Crippen MR) is 129 cm³/mol. The summed E-state index contributed by atoms with van der Waals surface area (Å²) in [6.45, 7) is 3.90. The third kappa shape index (κ3) is 5.91. The van der Waals surface area contributed by atoms with Gasteiger partial charge in [-0.3, -0.25) is 4.79 Å². The zero-order valence-corrected chi connectivity index (χ0v) is 19.9. The Hall–Kier alpha value is -3.46. The van der Waals surface area contributed by atoms with Crippen LogP contribution in [0.2, 0.25) is 0 Å². The number of nitrogens with zero attached hydrogens (tertiary/aromatic N) is 2. The van der Waals surface area contributed by atoms with Crippen LogP contribution in [0.1, 0.15) is 40.9 Å². The number of methoxy groups -OCH3 is 2. The highest BCUT2D eigenvalue weighted by Crippen LogP contribution is 2.30. The third-order valence-electron chi connectivity index (χ3n) is 6.11. The van der Waals surface area contributed by atoms with E-state index in [1.807, 2.05) is 37.3 Å². The summed E-state index contributed by atoms with van der Waals surface area (Å²) in [4.78, 5) is 28.0. The van der Waals surface area contributed by atoms with Gasteiger partial charge in [-0.05, 0) is 55.2 Å². The van der Waals surface area contributed by atoms with Gasteiger partial charge in [0, 0.05) is 44.0 Å². The smallest absolute Gasteiger partial charge is 0.407 e. The SMILES string of the molecule is COc1ccc([C@@H](C)NC(=O)c2cc(N3CCN(C(=O)O)CC3)ccc2CCCO)cc1OC. The normalized spacial score (nSPS) is 14.5. The molecular formula is C25H33N3O6. The summed E-state index contributed by atoms with van der Waals surface area (Å²) in [5, 5.41) is 21.5. The highest BCUT2D eigenvalue weighted by atomic mass is 16.5. The lowest BCUT2D eigenvalue weighted by Gasteiger charge is -2.35. The standard InChI is InChI=1S/C25H33N3O6/c1-17(19-7-9-22(33-2)23(15-19)34-3)26-24(30)21-16-20(8-6-18(21)5-4-14-29)27-10-12-28(13-11-27)25(31)32/h6-9,15-17,29H,4-5,10-14H2,1-3H3,(H,26,30)(H,31,32)/t17-/m1/s1. The molecule has 0 saturated carbocycles. The van der Waals surface area contributed by atoms with Crippen LogP contribution in [0.5, 0.6) is 11.5 Å². The summed E-state index contributed by atoms with van der Waals surface area (Å²) in [6.07, 6.45) is 0.224. The molecule has 3 rings (SSSR count). The van der Waals surface area contributed by atoms with E-state index < -0.39 is 6.09 Å². The van der Waals surface area contributed by atoms with E-state index in [0.717, 1.165) is 16.8 Å². The maximum Gasteiger partial charge on any atom is 0.407 e. The molecule has 2 aromatic rings. The van der Waals surface area contributed by atoms with Crippen molar-refractivity contribution >= 4 is 17.7 Å². The number of amides is 2. The molecule has 0 aliphatic carbocycles. The van der Waals surface area contributed by atoms with Gasteiger partial charge >= 0.3 is 6.09 Å². The molecule has 0 radical (unpaired) electrons. The molecule has 0 bridgehead atoms. The van der Waals surface area contributed by atoms with Crippen LogP contribution in [0.3, 0.4) is 0 Å². The first-order chi connectivity index (χ1) is 16.4. The van der Waals surface area contributed by atoms with E-state index in [2.05, 4.69) is 10.2 Å². The Balaban J connectivity index is 1.80. The molecule has 3 N–H and O–H groups in total. The monoisotopic (exact) mass is 471 g/mol. The Morgan fingerprint density at radius 3 is 2.35 bits per heavy atom. The van der Waals surface area contributed by atoms with Crippen LogP contribution in [-0.2, 0) is 6.42 Å². The van der Waals surface area contributed by atoms with Crippen molar-refractivity contribution in [2.45, 2.75) is 25.8 Å². The summed E-state index contributed by atoms with van der Waals surface area (Å²) in [5.41, 5.74) is 3.17. The fraction of sp³-hybridized carbons (Fsp3) is 0.440. The second-order valence-electron chi connectivity index (χ2n) is 8.23. The number of carboxylic acid groups (broad SMARTS) is 1. The molecule has 1 aliphatic heterocycles. The number of piperazine rings is 1. The molecule has 0 aromatic heterocycles. The third-order valence-corrected chi connectivity index (χ3v) is 6.11. The molecule has 2 aromatic carbocycles. The van der Waals surface area contributed by atoms with Gasteiger partial charge in [0.15, 0.2) is 11.5 Å². The van der Waals surface area contributed by atoms with Crippen molar-refractivity contribution < 1.29 is 29.3 Å². The summed E-state index contributed by atoms with van der Waals surface area (Å²) >= 11 is 0. The summed E-state index contributed by atoms with van der Waals surface area (Å²) < 4.78 is 10.7. The van der Waals surface area contributed by atoms with Gasteiger partial charge in [0.2, 0.25) is 0 Å². The molecule has 34 heavy (non-hydrogen) atoms. The van der Waals surface area contributed by atoms with Crippen LogP contribution < -0.4 is 19.7 Å². The Kier molecular flexibility index (Phi) is 8.59. The van der Waals surface area contributed by atoms with Gasteiger partial charge in [-0.25, -0.2) is 4.79 Å². The number of aliphatic hydroxyl groups excluding tert-OH is 1. The lowest BCUT2D eigenvalue weighted by Crippen LogP contribution is -2.48. The summed E-state index contributed by atoms with van der Waals surface area (Å²) in [6, 6.07) is 11.0. The molecule has 1 saturated heterocycles. The number of rotatable bonds is 9. The van der Waals surface area contributed by atoms with E-state index in [9.17, 15) is 19.8 Å². The zero-order valence-electron chi connectivity index (χ0n) is 19.9. The van der Waals surface area contributed by atoms with Crippen LogP contribution in [-0.4, -0.2) is 74.1 Å². The largest absolute Gasteiger partial charge is 0.493 e. The number of anilines is 1. The molecule has 9 heteroatoms. The average molecular weight is 472 g/mol. The van der Waals surface area contributed by atoms with Crippen LogP contribution in [0.4, 0.5) is 10.5 Å². The number of carbonyl (C=O) groups is 2. The second kappa shape index (κ2) is 11.6. The quantitative estimate of drug-likeness (QED) is 0.516. The molecular weight excluding hydrogens is 438 g/mol. The fourth-order valence-corrected chi connectivity index (χ4v) is 4.10. The van der Waals surface area contributed by atoms with Crippen molar-refractivity contribution in [3.05, 3.63) is 53.1 Å². The number of nitrogens with one attached hydrogen (secondary N) is 1. The molecule has 1 heterocycles. The Morgan fingerprint density at radius 1 is 1.03 bits per heavy atom. The van der Waals surface area contributed by atoms with Gasteiger partial charge in [0.05, 0.1) is 20.3 Å². The number of ether oxygens (including phenoxy) is 2. The van der Waals surface area contributed by atoms with Crippen molar-refractivity contribution in [3.8, 4) is 11.5 Å². The highest BCUT2D eigenvalue weighted by Gasteiger charge is 2.23. The van der Waals surface area contributed by atoms with Gasteiger partial charge in [-0.15, -0.1) is 0 Å². The second-order valence-corrected chi connectivity index (χ2v) is 8.23. The number of aryl methyl sites for hydroxylation is 1. The predicted octanol–water partition coefficient (Wildman–Crippen LogP) is 2.92. The minimum atomic E-state index is -0.914. The Bertz CT molecular complexity index is 1000. The van der Waals surface area contributed by atoms with Gasteiger partial charge in [-0.1, -0.05) is 12.1 Å². The maximum atomic E-state index is 13.3. The Labute approximate surface area is 199 Å². The minimum absolute atomic E-state index is 0.0437. The van der Waals surface area contributed by atoms with Crippen molar-refractivity contribution in [2.75, 3.05) is 51.9 Å². The molecule has 1 fully saturated rings. The van der Waals surface area contributed by atoms with Crippen molar-refractivity contribution in [1.29, 1.82) is 0 Å². The lowest BCUT2D eigenvalue weighted by molar-refractivity contribution is 0.0938. The Morgan fingerprint density at radius 2 is 1.74 bits per heavy atom. The highest BCUT2D eigenvalue weighted by molar-refractivity contribution is 5.97. The molecule has 9 nitrogen and oxygen atoms in total. The molecule has 184 valence electrons. The molecule has 1 atom stereocenters. The number of hydrogen-bond donors (Lipinski definition) is 3. The zero-order chi connectivity index (χ0) is 24.7. The molecule has 1 aliphatic rings. The number of aliphatic hydroxyl groups is 1. The van der Waals surface area contributed by atoms with Crippen LogP contribution in [0.15, 0.2) is 36.4 Å². The summed E-state index contributed by atoms with van der Waals surface area (Å²) in [7, 11) is 3.14. The van der Waals surface area contributed by atoms with Gasteiger partial charge in [0.1, 0.15) is 0 Å². The molecule has 0 unspecified atom stereocenters. The topological polar surface area (TPSA) is 112 Å². The van der Waals surface area contributed by atoms with E-state index in [1.54, 1.807) is 20.3 Å². The van der Waals surface area contributed by atoms with Crippen LogP contribution in [0, 0.1) is 0 Å². The van der Waals surface area contributed by atoms with Gasteiger partial charge in [0.25, 0.3) is 5.91 Å². The van der Waals surface area contributed by atoms with E-state index in [0.29, 0.717) is 56.1 Å². The van der Waals surface area contributed by atoms with E-state index >= 15 is 0 Å². The fourth-order valence-electron chi connectivity index (χ4n) is 4.10. The first-order valence-electron chi connectivity index (χ1n) is 11.4. The van der Waals surface area contributed by atoms with Gasteiger partial charge in [-0.2, -0.15) is 0 Å². The van der Waals surface area contributed by atoms with Crippen molar-refractivity contribution in [3.63, 3.8) is 0 Å². The van der Waals surface area contributed by atoms with E-state index in [1.165, 1.54) is 4.90 Å². The van der Waals surface area contributed by atoms with Crippen LogP contribution >= 0.6 is 0 Å². The molecule has 0 spiro atoms. The lowest BCUT2D eigenvalue weighted by atomic mass is 9.99. The van der Waals surface area contributed by atoms with E-state index in [-0.39, 0.29) is 18.6 Å². The van der Waals surface area contributed by atoms with Crippen LogP contribution in [0.25, 0.3) is 0 Å². The molecule has 2 amide bonds. The summed E-state index contributed by atoms with van der Waals surface area (Å²) in [5.74, 6) is 1.00. The number of benzene rings is 2.